The first-order valence-corrected chi connectivity index (χ1v) is 15.0. The number of nitrogens with two attached hydrogens (primary N) is 1. The molecule has 0 fully saturated rings. The van der Waals surface area contributed by atoms with Crippen LogP contribution in [0.1, 0.15) is 35.3 Å². The zero-order chi connectivity index (χ0) is 38.0. The Hall–Kier alpha value is -5.07. The van der Waals surface area contributed by atoms with E-state index in [4.69, 9.17) is 60.6 Å². The van der Waals surface area contributed by atoms with Crippen LogP contribution in [0.2, 0.25) is 0 Å². The van der Waals surface area contributed by atoms with Gasteiger partial charge < -0.3 is 31.3 Å². The number of aromatic carboxylic acids is 1. The molecule has 0 aliphatic heterocycles. The van der Waals surface area contributed by atoms with Crippen molar-refractivity contribution in [2.45, 2.75) is 42.9 Å². The van der Waals surface area contributed by atoms with Gasteiger partial charge >= 0.3 is 24.2 Å². The summed E-state index contributed by atoms with van der Waals surface area (Å²) in [5, 5.41) is 32.5. The standard InChI is InChI=1S/C27H28Cl3N7O6.C2HF3O2/c1-14(2)35-23-24(39)37(20(11-34-23)17-7-18(25(40)41)9-19(31)8-17)12-21(38)33-10-15-3-5-16(6-4-15)22(32)36-26(42)43-13-27(28,29)30;3-2(4,5)1(6)7/h3-9,11,14H,10,12-13,31H2,1-2H3,(H,33,38)(H,34,35)(H,40,41)(H2,32,36,42);(H,6,7). The van der Waals surface area contributed by atoms with Crippen LogP contribution in [-0.2, 0) is 27.4 Å². The molecule has 0 saturated heterocycles. The molecule has 0 saturated carbocycles. The highest BCUT2D eigenvalue weighted by atomic mass is 35.6. The second-order valence-corrected chi connectivity index (χ2v) is 12.8. The van der Waals surface area contributed by atoms with Crippen LogP contribution in [0.25, 0.3) is 11.3 Å². The van der Waals surface area contributed by atoms with Crippen LogP contribution < -0.4 is 27.2 Å². The van der Waals surface area contributed by atoms with Crippen molar-refractivity contribution in [3.8, 4) is 11.3 Å². The van der Waals surface area contributed by atoms with Crippen molar-refractivity contribution in [1.29, 1.82) is 5.41 Å². The zero-order valence-electron chi connectivity index (χ0n) is 25.9. The molecule has 21 heteroatoms. The summed E-state index contributed by atoms with van der Waals surface area (Å²) in [6.45, 7) is 2.83. The number of carboxylic acid groups (broad SMARTS) is 2. The molecule has 1 heterocycles. The molecule has 0 bridgehead atoms. The number of ether oxygens (including phenoxy) is 1. The number of anilines is 2. The number of aliphatic carboxylic acids is 1. The summed E-state index contributed by atoms with van der Waals surface area (Å²) in [5.74, 6) is -4.71. The van der Waals surface area contributed by atoms with Crippen molar-refractivity contribution in [2.75, 3.05) is 17.7 Å². The number of rotatable bonds is 10. The van der Waals surface area contributed by atoms with Crippen LogP contribution in [-0.4, -0.2) is 72.2 Å². The molecule has 3 aromatic rings. The summed E-state index contributed by atoms with van der Waals surface area (Å²) >= 11 is 16.6. The van der Waals surface area contributed by atoms with Crippen LogP contribution in [0.5, 0.6) is 0 Å². The monoisotopic (exact) mass is 765 g/mol. The number of carbonyl (C=O) groups excluding carboxylic acids is 2. The van der Waals surface area contributed by atoms with Crippen LogP contribution in [0.3, 0.4) is 0 Å². The highest BCUT2D eigenvalue weighted by Crippen LogP contribution is 2.26. The van der Waals surface area contributed by atoms with E-state index < -0.39 is 52.6 Å². The Bertz CT molecular complexity index is 1800. The first kappa shape index (κ1) is 41.1. The van der Waals surface area contributed by atoms with E-state index in [9.17, 15) is 37.5 Å². The van der Waals surface area contributed by atoms with E-state index in [1.807, 2.05) is 13.8 Å². The molecule has 15 nitrogen and oxygen atoms in total. The zero-order valence-corrected chi connectivity index (χ0v) is 28.2. The topological polar surface area (TPSA) is 239 Å². The van der Waals surface area contributed by atoms with Crippen molar-refractivity contribution in [1.82, 2.24) is 20.2 Å². The maximum atomic E-state index is 13.3. The van der Waals surface area contributed by atoms with E-state index in [1.54, 1.807) is 24.3 Å². The third-order valence-electron chi connectivity index (χ3n) is 5.85. The van der Waals surface area contributed by atoms with E-state index in [0.29, 0.717) is 16.7 Å². The van der Waals surface area contributed by atoms with E-state index in [-0.39, 0.29) is 41.2 Å². The van der Waals surface area contributed by atoms with Crippen LogP contribution in [0, 0.1) is 5.41 Å². The van der Waals surface area contributed by atoms with Gasteiger partial charge in [0.25, 0.3) is 5.56 Å². The summed E-state index contributed by atoms with van der Waals surface area (Å²) in [5.41, 5.74) is 6.90. The third kappa shape index (κ3) is 13.4. The average molecular weight is 767 g/mol. The number of aromatic nitrogens is 2. The van der Waals surface area contributed by atoms with Gasteiger partial charge in [-0.15, -0.1) is 0 Å². The van der Waals surface area contributed by atoms with Crippen LogP contribution >= 0.6 is 34.8 Å². The van der Waals surface area contributed by atoms with E-state index in [0.717, 1.165) is 0 Å². The Kier molecular flexibility index (Phi) is 14.4. The minimum atomic E-state index is -5.08. The molecule has 0 atom stereocenters. The molecule has 3 rings (SSSR count). The number of alkyl halides is 6. The van der Waals surface area contributed by atoms with Gasteiger partial charge in [0, 0.05) is 29.4 Å². The normalized spacial score (nSPS) is 11.1. The number of nitrogens with one attached hydrogen (secondary N) is 4. The Morgan fingerprint density at radius 3 is 2.16 bits per heavy atom. The minimum Gasteiger partial charge on any atom is -0.478 e. The lowest BCUT2D eigenvalue weighted by molar-refractivity contribution is -0.192. The van der Waals surface area contributed by atoms with Gasteiger partial charge in [0.05, 0.1) is 17.5 Å². The smallest absolute Gasteiger partial charge is 0.478 e. The van der Waals surface area contributed by atoms with Gasteiger partial charge in [0.1, 0.15) is 19.0 Å². The molecule has 0 spiro atoms. The van der Waals surface area contributed by atoms with Gasteiger partial charge in [-0.1, -0.05) is 59.1 Å². The summed E-state index contributed by atoms with van der Waals surface area (Å²) in [7, 11) is 0. The van der Waals surface area contributed by atoms with E-state index >= 15 is 0 Å². The number of nitrogens with zero attached hydrogens (tertiary/aromatic N) is 2. The van der Waals surface area contributed by atoms with Crippen molar-refractivity contribution >= 4 is 76.1 Å². The molecule has 0 unspecified atom stereocenters. The summed E-state index contributed by atoms with van der Waals surface area (Å²) in [6.07, 6.45) is -4.68. The van der Waals surface area contributed by atoms with Gasteiger partial charge in [-0.3, -0.25) is 24.9 Å². The lowest BCUT2D eigenvalue weighted by Gasteiger charge is -2.17. The van der Waals surface area contributed by atoms with Gasteiger partial charge in [-0.2, -0.15) is 13.2 Å². The summed E-state index contributed by atoms with van der Waals surface area (Å²) < 4.78 is 35.9. The predicted octanol–water partition coefficient (Wildman–Crippen LogP) is 4.38. The largest absolute Gasteiger partial charge is 0.490 e. The highest BCUT2D eigenvalue weighted by molar-refractivity contribution is 6.67. The van der Waals surface area contributed by atoms with Crippen molar-refractivity contribution in [3.63, 3.8) is 0 Å². The fourth-order valence-corrected chi connectivity index (χ4v) is 3.88. The number of benzene rings is 2. The molecule has 270 valence electrons. The van der Waals surface area contributed by atoms with Crippen LogP contribution in [0.15, 0.2) is 53.5 Å². The van der Waals surface area contributed by atoms with Gasteiger partial charge in [0.2, 0.25) is 9.70 Å². The number of alkyl carbamates (subject to hydrolysis) is 1. The molecule has 50 heavy (non-hydrogen) atoms. The Morgan fingerprint density at radius 2 is 1.64 bits per heavy atom. The minimum absolute atomic E-state index is 0.0248. The number of carbonyl (C=O) groups is 4. The first-order valence-electron chi connectivity index (χ1n) is 13.8. The molecular formula is C29H29Cl3F3N7O8. The predicted molar refractivity (Wildman–Crippen MR) is 178 cm³/mol. The number of hydrogen-bond acceptors (Lipinski definition) is 10. The molecule has 2 aromatic carbocycles. The highest BCUT2D eigenvalue weighted by Gasteiger charge is 2.38. The Balaban J connectivity index is 0.00000112. The lowest BCUT2D eigenvalue weighted by Crippen LogP contribution is -2.35. The van der Waals surface area contributed by atoms with Gasteiger partial charge in [-0.25, -0.2) is 19.4 Å². The molecule has 8 N–H and O–H groups in total. The summed E-state index contributed by atoms with van der Waals surface area (Å²) in [6, 6.07) is 10.4. The Morgan fingerprint density at radius 1 is 1.04 bits per heavy atom. The SMILES string of the molecule is CC(C)Nc1ncc(-c2cc(N)cc(C(=O)O)c2)n(CC(=O)NCc2ccc(C(=N)NC(=O)OCC(Cl)(Cl)Cl)cc2)c1=O.O=C(O)C(F)(F)F. The van der Waals surface area contributed by atoms with E-state index in [2.05, 4.69) is 20.9 Å². The average Bonchev–Trinajstić information content (AvgIpc) is 3.00. The third-order valence-corrected chi connectivity index (χ3v) is 6.18. The number of hydrogen-bond donors (Lipinski definition) is 7. The fraction of sp³-hybridized carbons (Fsp3) is 0.276. The number of amides is 2. The van der Waals surface area contributed by atoms with Crippen LogP contribution in [0.4, 0.5) is 29.5 Å². The number of amidine groups is 1. The quantitative estimate of drug-likeness (QED) is 0.0661. The molecule has 0 aliphatic carbocycles. The molecule has 2 amide bonds. The second kappa shape index (κ2) is 17.5. The number of halogens is 6. The summed E-state index contributed by atoms with van der Waals surface area (Å²) in [4.78, 5) is 62.7. The maximum Gasteiger partial charge on any atom is 0.490 e. The van der Waals surface area contributed by atoms with Gasteiger partial charge in [-0.05, 0) is 37.6 Å². The molecule has 0 aliphatic rings. The number of carboxylic acids is 2. The van der Waals surface area contributed by atoms with Gasteiger partial charge in [0.15, 0.2) is 5.82 Å². The molecule has 0 radical (unpaired) electrons. The maximum absolute atomic E-state index is 13.3. The molecule has 1 aromatic heterocycles. The van der Waals surface area contributed by atoms with Crippen molar-refractivity contribution < 1.29 is 47.3 Å². The van der Waals surface area contributed by atoms with Crippen molar-refractivity contribution in [2.24, 2.45) is 0 Å². The first-order chi connectivity index (χ1) is 23.1. The second-order valence-electron chi connectivity index (χ2n) is 10.3. The van der Waals surface area contributed by atoms with Crippen molar-refractivity contribution in [3.05, 3.63) is 75.7 Å². The molecular weight excluding hydrogens is 738 g/mol. The van der Waals surface area contributed by atoms with E-state index in [1.165, 1.54) is 29.0 Å². The fourth-order valence-electron chi connectivity index (χ4n) is 3.72. The number of nitrogen functional groups attached to an aromatic ring is 1. The Labute approximate surface area is 296 Å². The lowest BCUT2D eigenvalue weighted by atomic mass is 10.1.